The molecular weight excluding hydrogens is 200 g/mol. The van der Waals surface area contributed by atoms with Crippen molar-refractivity contribution in [1.29, 1.82) is 0 Å². The Kier molecular flexibility index (Phi) is 5.76. The van der Waals surface area contributed by atoms with E-state index in [-0.39, 0.29) is 0 Å². The molecule has 0 amide bonds. The summed E-state index contributed by atoms with van der Waals surface area (Å²) in [4.78, 5) is 0. The predicted octanol–water partition coefficient (Wildman–Crippen LogP) is 3.90. The first-order valence-corrected chi connectivity index (χ1v) is 6.12. The topological polar surface area (TPSA) is 18.5 Å². The molecule has 0 N–H and O–H groups in total. The molecule has 1 unspecified atom stereocenters. The predicted molar refractivity (Wildman–Crippen MR) is 67.2 cm³/mol. The van der Waals surface area contributed by atoms with Crippen LogP contribution in [0.3, 0.4) is 0 Å². The van der Waals surface area contributed by atoms with Crippen LogP contribution in [0.5, 0.6) is 11.5 Å². The van der Waals surface area contributed by atoms with E-state index in [1.165, 1.54) is 0 Å². The quantitative estimate of drug-likeness (QED) is 0.696. The van der Waals surface area contributed by atoms with Gasteiger partial charge in [-0.2, -0.15) is 0 Å². The van der Waals surface area contributed by atoms with Gasteiger partial charge in [-0.15, -0.1) is 0 Å². The molecule has 0 saturated heterocycles. The van der Waals surface area contributed by atoms with Gasteiger partial charge >= 0.3 is 0 Å². The maximum atomic E-state index is 5.66. The van der Waals surface area contributed by atoms with Gasteiger partial charge in [-0.3, -0.25) is 0 Å². The van der Waals surface area contributed by atoms with Gasteiger partial charge in [0.1, 0.15) is 11.5 Å². The van der Waals surface area contributed by atoms with Gasteiger partial charge in [-0.25, -0.2) is 0 Å². The third-order valence-corrected chi connectivity index (χ3v) is 2.53. The van der Waals surface area contributed by atoms with E-state index in [4.69, 9.17) is 9.47 Å². The smallest absolute Gasteiger partial charge is 0.119 e. The summed E-state index contributed by atoms with van der Waals surface area (Å²) in [6.07, 6.45) is 2.18. The lowest BCUT2D eigenvalue weighted by molar-refractivity contribution is 0.256. The summed E-state index contributed by atoms with van der Waals surface area (Å²) < 4.78 is 11.2. The van der Waals surface area contributed by atoms with E-state index in [1.54, 1.807) is 0 Å². The zero-order valence-corrected chi connectivity index (χ0v) is 10.5. The molecule has 1 rings (SSSR count). The summed E-state index contributed by atoms with van der Waals surface area (Å²) in [5.74, 6) is 2.44. The normalized spacial score (nSPS) is 12.2. The van der Waals surface area contributed by atoms with Gasteiger partial charge in [0, 0.05) is 0 Å². The minimum absolute atomic E-state index is 0.607. The van der Waals surface area contributed by atoms with Gasteiger partial charge in [-0.1, -0.05) is 27.2 Å². The Balaban J connectivity index is 2.38. The minimum atomic E-state index is 0.607. The molecule has 0 heterocycles. The molecule has 0 aliphatic carbocycles. The van der Waals surface area contributed by atoms with Crippen LogP contribution in [0.15, 0.2) is 24.3 Å². The van der Waals surface area contributed by atoms with Crippen LogP contribution in [0.25, 0.3) is 0 Å². The summed E-state index contributed by atoms with van der Waals surface area (Å²) in [6.45, 7) is 8.02. The molecule has 0 aromatic heterocycles. The largest absolute Gasteiger partial charge is 0.494 e. The van der Waals surface area contributed by atoms with Gasteiger partial charge in [-0.05, 0) is 36.6 Å². The van der Waals surface area contributed by atoms with Crippen molar-refractivity contribution in [2.24, 2.45) is 5.92 Å². The zero-order valence-electron chi connectivity index (χ0n) is 10.5. The van der Waals surface area contributed by atoms with Crippen LogP contribution in [-0.4, -0.2) is 13.2 Å². The molecule has 16 heavy (non-hydrogen) atoms. The van der Waals surface area contributed by atoms with E-state index in [2.05, 4.69) is 20.8 Å². The fourth-order valence-corrected chi connectivity index (χ4v) is 1.21. The average Bonchev–Trinajstić information content (AvgIpc) is 2.34. The Morgan fingerprint density at radius 1 is 1.00 bits per heavy atom. The SMILES string of the molecule is CCCOc1ccc(OCC(C)CC)cc1. The maximum Gasteiger partial charge on any atom is 0.119 e. The Morgan fingerprint density at radius 3 is 2.06 bits per heavy atom. The molecule has 0 aliphatic heterocycles. The van der Waals surface area contributed by atoms with E-state index in [0.717, 1.165) is 37.6 Å². The van der Waals surface area contributed by atoms with Crippen LogP contribution in [0.1, 0.15) is 33.6 Å². The second-order valence-corrected chi connectivity index (χ2v) is 4.14. The van der Waals surface area contributed by atoms with Crippen molar-refractivity contribution in [3.8, 4) is 11.5 Å². The van der Waals surface area contributed by atoms with Crippen LogP contribution in [0, 0.1) is 5.92 Å². The molecule has 0 spiro atoms. The minimum Gasteiger partial charge on any atom is -0.494 e. The molecule has 1 aromatic carbocycles. The fourth-order valence-electron chi connectivity index (χ4n) is 1.21. The standard InChI is InChI=1S/C14H22O2/c1-4-10-15-13-6-8-14(9-7-13)16-11-12(3)5-2/h6-9,12H,4-5,10-11H2,1-3H3. The van der Waals surface area contributed by atoms with Crippen LogP contribution in [-0.2, 0) is 0 Å². The summed E-state index contributed by atoms with van der Waals surface area (Å²) in [5.41, 5.74) is 0. The molecule has 1 atom stereocenters. The molecule has 0 saturated carbocycles. The fraction of sp³-hybridized carbons (Fsp3) is 0.571. The molecule has 1 aromatic rings. The Hall–Kier alpha value is -1.18. The molecule has 2 heteroatoms. The van der Waals surface area contributed by atoms with Crippen molar-refractivity contribution < 1.29 is 9.47 Å². The maximum absolute atomic E-state index is 5.66. The highest BCUT2D eigenvalue weighted by atomic mass is 16.5. The van der Waals surface area contributed by atoms with Crippen molar-refractivity contribution in [2.45, 2.75) is 33.6 Å². The van der Waals surface area contributed by atoms with E-state index in [0.29, 0.717) is 5.92 Å². The van der Waals surface area contributed by atoms with Gasteiger partial charge in [0.15, 0.2) is 0 Å². The molecule has 90 valence electrons. The highest BCUT2D eigenvalue weighted by Crippen LogP contribution is 2.18. The summed E-state index contributed by atoms with van der Waals surface area (Å²) in [7, 11) is 0. The summed E-state index contributed by atoms with van der Waals surface area (Å²) in [6, 6.07) is 7.85. The van der Waals surface area contributed by atoms with E-state index in [9.17, 15) is 0 Å². The number of ether oxygens (including phenoxy) is 2. The number of rotatable bonds is 7. The molecule has 0 radical (unpaired) electrons. The summed E-state index contributed by atoms with van der Waals surface area (Å²) >= 11 is 0. The van der Waals surface area contributed by atoms with Crippen molar-refractivity contribution in [3.05, 3.63) is 24.3 Å². The van der Waals surface area contributed by atoms with Crippen molar-refractivity contribution in [1.82, 2.24) is 0 Å². The molecule has 0 fully saturated rings. The monoisotopic (exact) mass is 222 g/mol. The van der Waals surface area contributed by atoms with Gasteiger partial charge in [0.25, 0.3) is 0 Å². The van der Waals surface area contributed by atoms with Gasteiger partial charge in [0.05, 0.1) is 13.2 Å². The van der Waals surface area contributed by atoms with E-state index >= 15 is 0 Å². The lowest BCUT2D eigenvalue weighted by atomic mass is 10.1. The third kappa shape index (κ3) is 4.56. The number of benzene rings is 1. The molecular formula is C14H22O2. The molecule has 0 aliphatic rings. The first-order valence-electron chi connectivity index (χ1n) is 6.12. The van der Waals surface area contributed by atoms with Crippen molar-refractivity contribution in [2.75, 3.05) is 13.2 Å². The second kappa shape index (κ2) is 7.15. The van der Waals surface area contributed by atoms with Crippen molar-refractivity contribution >= 4 is 0 Å². The highest BCUT2D eigenvalue weighted by Gasteiger charge is 2.00. The van der Waals surface area contributed by atoms with Crippen LogP contribution >= 0.6 is 0 Å². The van der Waals surface area contributed by atoms with Crippen molar-refractivity contribution in [3.63, 3.8) is 0 Å². The average molecular weight is 222 g/mol. The molecule has 0 bridgehead atoms. The Morgan fingerprint density at radius 2 is 1.56 bits per heavy atom. The number of hydrogen-bond donors (Lipinski definition) is 0. The van der Waals surface area contributed by atoms with Crippen LogP contribution < -0.4 is 9.47 Å². The highest BCUT2D eigenvalue weighted by molar-refractivity contribution is 5.31. The molecule has 2 nitrogen and oxygen atoms in total. The zero-order chi connectivity index (χ0) is 11.8. The number of hydrogen-bond acceptors (Lipinski definition) is 2. The van der Waals surface area contributed by atoms with E-state index in [1.807, 2.05) is 24.3 Å². The first-order chi connectivity index (χ1) is 7.76. The lowest BCUT2D eigenvalue weighted by Crippen LogP contribution is -2.07. The Labute approximate surface area is 98.6 Å². The van der Waals surface area contributed by atoms with E-state index < -0.39 is 0 Å². The van der Waals surface area contributed by atoms with Gasteiger partial charge < -0.3 is 9.47 Å². The lowest BCUT2D eigenvalue weighted by Gasteiger charge is -2.11. The third-order valence-electron chi connectivity index (χ3n) is 2.53. The van der Waals surface area contributed by atoms with Gasteiger partial charge in [0.2, 0.25) is 0 Å². The first kappa shape index (κ1) is 12.9. The second-order valence-electron chi connectivity index (χ2n) is 4.14. The summed E-state index contributed by atoms with van der Waals surface area (Å²) in [5, 5.41) is 0. The van der Waals surface area contributed by atoms with Crippen LogP contribution in [0.4, 0.5) is 0 Å². The van der Waals surface area contributed by atoms with Crippen LogP contribution in [0.2, 0.25) is 0 Å². The Bertz CT molecular complexity index is 279.